The third kappa shape index (κ3) is 3.20. The van der Waals surface area contributed by atoms with Crippen LogP contribution in [0.5, 0.6) is 0 Å². The minimum Gasteiger partial charge on any atom is -0.459 e. The van der Waals surface area contributed by atoms with Gasteiger partial charge in [-0.05, 0) is 25.8 Å². The van der Waals surface area contributed by atoms with Crippen molar-refractivity contribution >= 4 is 16.9 Å². The van der Waals surface area contributed by atoms with Crippen LogP contribution in [0.1, 0.15) is 43.4 Å². The summed E-state index contributed by atoms with van der Waals surface area (Å²) in [7, 11) is 0. The average molecular weight is 285 g/mol. The van der Waals surface area contributed by atoms with Crippen molar-refractivity contribution in [2.45, 2.75) is 51.6 Å². The third-order valence-electron chi connectivity index (χ3n) is 4.29. The van der Waals surface area contributed by atoms with Crippen LogP contribution in [-0.2, 0) is 6.54 Å². The van der Waals surface area contributed by atoms with Crippen molar-refractivity contribution in [2.75, 3.05) is 0 Å². The molecule has 1 fully saturated rings. The predicted molar refractivity (Wildman–Crippen MR) is 86.3 cm³/mol. The average Bonchev–Trinajstić information content (AvgIpc) is 2.83. The van der Waals surface area contributed by atoms with Crippen LogP contribution in [0.3, 0.4) is 0 Å². The fourth-order valence-corrected chi connectivity index (χ4v) is 3.03. The first-order chi connectivity index (χ1) is 10.2. The Balaban J connectivity index is 1.67. The zero-order chi connectivity index (χ0) is 14.7. The number of para-hydroxylation sites is 1. The number of fused-ring (bicyclic) bond motifs is 1. The molecule has 0 bridgehead atoms. The number of guanidine groups is 1. The van der Waals surface area contributed by atoms with Crippen molar-refractivity contribution in [2.24, 2.45) is 10.7 Å². The summed E-state index contributed by atoms with van der Waals surface area (Å²) in [5.41, 5.74) is 8.06. The van der Waals surface area contributed by atoms with Gasteiger partial charge >= 0.3 is 0 Å². The maximum atomic E-state index is 5.99. The Labute approximate surface area is 125 Å². The Morgan fingerprint density at radius 1 is 1.29 bits per heavy atom. The Morgan fingerprint density at radius 2 is 2.05 bits per heavy atom. The number of benzene rings is 1. The molecule has 3 N–H and O–H groups in total. The Morgan fingerprint density at radius 3 is 2.81 bits per heavy atom. The van der Waals surface area contributed by atoms with Gasteiger partial charge in [-0.3, -0.25) is 0 Å². The van der Waals surface area contributed by atoms with Crippen LogP contribution in [0.4, 0.5) is 0 Å². The highest BCUT2D eigenvalue weighted by atomic mass is 16.3. The first-order valence-corrected chi connectivity index (χ1v) is 7.77. The van der Waals surface area contributed by atoms with Gasteiger partial charge in [0.1, 0.15) is 17.9 Å². The molecule has 21 heavy (non-hydrogen) atoms. The van der Waals surface area contributed by atoms with E-state index in [9.17, 15) is 0 Å². The van der Waals surface area contributed by atoms with Crippen molar-refractivity contribution < 1.29 is 4.42 Å². The van der Waals surface area contributed by atoms with E-state index < -0.39 is 0 Å². The van der Waals surface area contributed by atoms with E-state index in [2.05, 4.69) is 23.3 Å². The molecule has 1 heterocycles. The van der Waals surface area contributed by atoms with Gasteiger partial charge in [-0.1, -0.05) is 37.5 Å². The standard InChI is InChI=1S/C17H23N3O/c1-12-14-9-5-6-10-15(14)21-16(12)11-19-17(18)20-13-7-3-2-4-8-13/h5-6,9-10,13H,2-4,7-8,11H2,1H3,(H3,18,19,20). The largest absolute Gasteiger partial charge is 0.459 e. The monoisotopic (exact) mass is 285 g/mol. The summed E-state index contributed by atoms with van der Waals surface area (Å²) in [6.45, 7) is 2.56. The minimum atomic E-state index is 0.485. The quantitative estimate of drug-likeness (QED) is 0.670. The maximum absolute atomic E-state index is 5.99. The molecule has 0 aliphatic heterocycles. The summed E-state index contributed by atoms with van der Waals surface area (Å²) < 4.78 is 5.85. The van der Waals surface area contributed by atoms with Gasteiger partial charge in [0.2, 0.25) is 0 Å². The van der Waals surface area contributed by atoms with E-state index in [1.54, 1.807) is 0 Å². The summed E-state index contributed by atoms with van der Waals surface area (Å²) in [5, 5.41) is 4.48. The molecule has 0 spiro atoms. The molecule has 1 aromatic carbocycles. The predicted octanol–water partition coefficient (Wildman–Crippen LogP) is 3.48. The van der Waals surface area contributed by atoms with E-state index in [1.165, 1.54) is 32.1 Å². The molecule has 0 radical (unpaired) electrons. The van der Waals surface area contributed by atoms with Crippen molar-refractivity contribution in [3.8, 4) is 0 Å². The number of nitrogens with one attached hydrogen (secondary N) is 1. The lowest BCUT2D eigenvalue weighted by Gasteiger charge is -2.23. The van der Waals surface area contributed by atoms with Crippen LogP contribution in [0.15, 0.2) is 33.7 Å². The topological polar surface area (TPSA) is 63.5 Å². The van der Waals surface area contributed by atoms with E-state index >= 15 is 0 Å². The smallest absolute Gasteiger partial charge is 0.189 e. The Bertz CT molecular complexity index is 639. The lowest BCUT2D eigenvalue weighted by atomic mass is 9.96. The molecule has 0 atom stereocenters. The maximum Gasteiger partial charge on any atom is 0.189 e. The molecule has 2 aromatic rings. The van der Waals surface area contributed by atoms with Crippen LogP contribution in [0, 0.1) is 6.92 Å². The lowest BCUT2D eigenvalue weighted by Crippen LogP contribution is -2.41. The molecule has 0 saturated heterocycles. The zero-order valence-corrected chi connectivity index (χ0v) is 12.6. The Kier molecular flexibility index (Phi) is 4.13. The second-order valence-corrected chi connectivity index (χ2v) is 5.83. The van der Waals surface area contributed by atoms with Crippen LogP contribution in [0.2, 0.25) is 0 Å². The zero-order valence-electron chi connectivity index (χ0n) is 12.6. The second-order valence-electron chi connectivity index (χ2n) is 5.83. The minimum absolute atomic E-state index is 0.485. The number of aliphatic imine (C=N–C) groups is 1. The van der Waals surface area contributed by atoms with Crippen LogP contribution < -0.4 is 11.1 Å². The van der Waals surface area contributed by atoms with E-state index in [1.807, 2.05) is 18.2 Å². The molecule has 0 unspecified atom stereocenters. The SMILES string of the molecule is Cc1c(CN=C(N)NC2CCCCC2)oc2ccccc12. The van der Waals surface area contributed by atoms with Gasteiger partial charge in [-0.15, -0.1) is 0 Å². The first-order valence-electron chi connectivity index (χ1n) is 7.77. The van der Waals surface area contributed by atoms with Crippen LogP contribution in [0.25, 0.3) is 11.0 Å². The van der Waals surface area contributed by atoms with Gasteiger partial charge in [0.15, 0.2) is 5.96 Å². The molecule has 1 aliphatic rings. The third-order valence-corrected chi connectivity index (χ3v) is 4.29. The number of hydrogen-bond acceptors (Lipinski definition) is 2. The normalized spacial score (nSPS) is 17.3. The summed E-state index contributed by atoms with van der Waals surface area (Å²) >= 11 is 0. The highest BCUT2D eigenvalue weighted by Gasteiger charge is 2.14. The molecule has 3 rings (SSSR count). The molecule has 4 nitrogen and oxygen atoms in total. The van der Waals surface area contributed by atoms with Crippen molar-refractivity contribution in [3.63, 3.8) is 0 Å². The van der Waals surface area contributed by atoms with Gasteiger partial charge in [-0.25, -0.2) is 4.99 Å². The fourth-order valence-electron chi connectivity index (χ4n) is 3.03. The number of aryl methyl sites for hydroxylation is 1. The lowest BCUT2D eigenvalue weighted by molar-refractivity contribution is 0.412. The van der Waals surface area contributed by atoms with E-state index in [0.717, 1.165) is 22.3 Å². The van der Waals surface area contributed by atoms with Crippen LogP contribution >= 0.6 is 0 Å². The number of nitrogens with zero attached hydrogens (tertiary/aromatic N) is 1. The number of furan rings is 1. The van der Waals surface area contributed by atoms with Gasteiger partial charge in [0, 0.05) is 17.0 Å². The number of nitrogens with two attached hydrogens (primary N) is 1. The fraction of sp³-hybridized carbons (Fsp3) is 0.471. The van der Waals surface area contributed by atoms with Crippen molar-refractivity contribution in [3.05, 3.63) is 35.6 Å². The van der Waals surface area contributed by atoms with Gasteiger partial charge in [0.05, 0.1) is 0 Å². The van der Waals surface area contributed by atoms with Crippen LogP contribution in [-0.4, -0.2) is 12.0 Å². The molecular formula is C17H23N3O. The molecule has 1 saturated carbocycles. The Hall–Kier alpha value is -1.97. The number of hydrogen-bond donors (Lipinski definition) is 2. The van der Waals surface area contributed by atoms with E-state index in [0.29, 0.717) is 18.5 Å². The summed E-state index contributed by atoms with van der Waals surface area (Å²) in [5.74, 6) is 1.42. The summed E-state index contributed by atoms with van der Waals surface area (Å²) in [6.07, 6.45) is 6.30. The molecule has 1 aliphatic carbocycles. The van der Waals surface area contributed by atoms with Gasteiger partial charge in [-0.2, -0.15) is 0 Å². The second kappa shape index (κ2) is 6.20. The molecular weight excluding hydrogens is 262 g/mol. The number of rotatable bonds is 3. The first kappa shape index (κ1) is 14.0. The highest BCUT2D eigenvalue weighted by Crippen LogP contribution is 2.25. The molecule has 4 heteroatoms. The highest BCUT2D eigenvalue weighted by molar-refractivity contribution is 5.82. The molecule has 1 aromatic heterocycles. The van der Waals surface area contributed by atoms with E-state index in [4.69, 9.17) is 10.2 Å². The summed E-state index contributed by atoms with van der Waals surface area (Å²) in [4.78, 5) is 4.43. The molecule has 0 amide bonds. The molecule has 112 valence electrons. The van der Waals surface area contributed by atoms with Gasteiger partial charge < -0.3 is 15.5 Å². The summed E-state index contributed by atoms with van der Waals surface area (Å²) in [6, 6.07) is 8.55. The van der Waals surface area contributed by atoms with Gasteiger partial charge in [0.25, 0.3) is 0 Å². The van der Waals surface area contributed by atoms with Crippen molar-refractivity contribution in [1.82, 2.24) is 5.32 Å². The van der Waals surface area contributed by atoms with Crippen molar-refractivity contribution in [1.29, 1.82) is 0 Å². The van der Waals surface area contributed by atoms with E-state index in [-0.39, 0.29) is 0 Å².